The number of amides is 2. The highest BCUT2D eigenvalue weighted by Gasteiger charge is 2.09. The highest BCUT2D eigenvalue weighted by atomic mass is 16.5. The Bertz CT molecular complexity index is 669. The van der Waals surface area contributed by atoms with Crippen LogP contribution in [0.15, 0.2) is 48.5 Å². The van der Waals surface area contributed by atoms with Crippen molar-refractivity contribution < 1.29 is 14.3 Å². The fraction of sp³-hybridized carbons (Fsp3) is 0.316. The van der Waals surface area contributed by atoms with Gasteiger partial charge in [0.1, 0.15) is 17.2 Å². The van der Waals surface area contributed by atoms with Crippen molar-refractivity contribution in [3.8, 4) is 17.2 Å². The van der Waals surface area contributed by atoms with Gasteiger partial charge in [-0.15, -0.1) is 0 Å². The van der Waals surface area contributed by atoms with Gasteiger partial charge in [-0.1, -0.05) is 0 Å². The molecule has 0 aliphatic rings. The molecule has 0 bridgehead atoms. The number of methoxy groups -OCH3 is 1. The van der Waals surface area contributed by atoms with Crippen molar-refractivity contribution in [1.82, 2.24) is 9.80 Å². The van der Waals surface area contributed by atoms with Crippen molar-refractivity contribution in [3.05, 3.63) is 48.5 Å². The number of nitrogens with one attached hydrogen (secondary N) is 1. The summed E-state index contributed by atoms with van der Waals surface area (Å²) in [4.78, 5) is 15.8. The minimum Gasteiger partial charge on any atom is -0.497 e. The molecule has 2 rings (SSSR count). The fourth-order valence-corrected chi connectivity index (χ4v) is 2.06. The Morgan fingerprint density at radius 3 is 1.92 bits per heavy atom. The van der Waals surface area contributed by atoms with E-state index in [9.17, 15) is 4.79 Å². The molecule has 0 unspecified atom stereocenters. The smallest absolute Gasteiger partial charge is 0.321 e. The number of nitrogens with zero attached hydrogens (tertiary/aromatic N) is 2. The molecule has 0 saturated heterocycles. The van der Waals surface area contributed by atoms with Crippen molar-refractivity contribution in [1.29, 1.82) is 0 Å². The number of urea groups is 1. The summed E-state index contributed by atoms with van der Waals surface area (Å²) < 4.78 is 10.9. The first-order valence-corrected chi connectivity index (χ1v) is 8.07. The van der Waals surface area contributed by atoms with Gasteiger partial charge in [-0.25, -0.2) is 4.79 Å². The van der Waals surface area contributed by atoms with Gasteiger partial charge in [0.25, 0.3) is 0 Å². The number of likely N-dealkylation sites (N-methyl/N-ethyl adjacent to an activating group) is 2. The average Bonchev–Trinajstić information content (AvgIpc) is 2.62. The van der Waals surface area contributed by atoms with Gasteiger partial charge in [0, 0.05) is 25.8 Å². The van der Waals surface area contributed by atoms with Crippen LogP contribution in [0.25, 0.3) is 0 Å². The molecule has 6 heteroatoms. The zero-order valence-corrected chi connectivity index (χ0v) is 15.2. The highest BCUT2D eigenvalue weighted by Crippen LogP contribution is 2.25. The number of anilines is 1. The molecule has 0 atom stereocenters. The van der Waals surface area contributed by atoms with Gasteiger partial charge in [-0.3, -0.25) is 0 Å². The van der Waals surface area contributed by atoms with E-state index in [0.29, 0.717) is 12.3 Å². The third kappa shape index (κ3) is 6.00. The number of ether oxygens (including phenoxy) is 2. The number of hydrogen-bond acceptors (Lipinski definition) is 4. The van der Waals surface area contributed by atoms with Crippen LogP contribution >= 0.6 is 0 Å². The lowest BCUT2D eigenvalue weighted by Crippen LogP contribution is -2.36. The second kappa shape index (κ2) is 8.94. The van der Waals surface area contributed by atoms with Gasteiger partial charge in [0.15, 0.2) is 0 Å². The van der Waals surface area contributed by atoms with Crippen LogP contribution in [-0.4, -0.2) is 57.2 Å². The number of hydrogen-bond donors (Lipinski definition) is 1. The number of rotatable bonds is 7. The molecule has 6 nitrogen and oxygen atoms in total. The average molecular weight is 343 g/mol. The minimum absolute atomic E-state index is 0.134. The summed E-state index contributed by atoms with van der Waals surface area (Å²) in [6.45, 7) is 1.48. The van der Waals surface area contributed by atoms with Gasteiger partial charge < -0.3 is 24.6 Å². The molecule has 2 aromatic rings. The van der Waals surface area contributed by atoms with Crippen LogP contribution in [-0.2, 0) is 0 Å². The van der Waals surface area contributed by atoms with E-state index in [-0.39, 0.29) is 6.03 Å². The largest absolute Gasteiger partial charge is 0.497 e. The molecule has 0 aliphatic carbocycles. The quantitative estimate of drug-likeness (QED) is 0.836. The van der Waals surface area contributed by atoms with Crippen LogP contribution in [0.1, 0.15) is 0 Å². The molecule has 0 fully saturated rings. The number of carbonyl (C=O) groups excluding carboxylic acids is 1. The standard InChI is InChI=1S/C19H25N3O3/c1-21(2)13-14-22(3)19(23)20-15-5-7-17(8-6-15)25-18-11-9-16(24-4)10-12-18/h5-12H,13-14H2,1-4H3,(H,20,23). The molecule has 2 amide bonds. The van der Waals surface area contributed by atoms with Gasteiger partial charge >= 0.3 is 6.03 Å². The Kier molecular flexibility index (Phi) is 6.65. The molecule has 0 saturated carbocycles. The second-order valence-electron chi connectivity index (χ2n) is 5.96. The number of benzene rings is 2. The first-order chi connectivity index (χ1) is 12.0. The lowest BCUT2D eigenvalue weighted by molar-refractivity contribution is 0.217. The van der Waals surface area contributed by atoms with Gasteiger partial charge in [0.05, 0.1) is 7.11 Å². The summed E-state index contributed by atoms with van der Waals surface area (Å²) in [5, 5.41) is 2.87. The Labute approximate surface area is 149 Å². The molecule has 0 aliphatic heterocycles. The van der Waals surface area contributed by atoms with Crippen LogP contribution in [0.5, 0.6) is 17.2 Å². The Morgan fingerprint density at radius 1 is 0.880 bits per heavy atom. The predicted molar refractivity (Wildman–Crippen MR) is 99.7 cm³/mol. The van der Waals surface area contributed by atoms with Crippen LogP contribution < -0.4 is 14.8 Å². The van der Waals surface area contributed by atoms with E-state index >= 15 is 0 Å². The monoisotopic (exact) mass is 343 g/mol. The Balaban J connectivity index is 1.89. The molecular formula is C19H25N3O3. The molecule has 0 spiro atoms. The maximum absolute atomic E-state index is 12.1. The molecule has 1 N–H and O–H groups in total. The summed E-state index contributed by atoms with van der Waals surface area (Å²) in [7, 11) is 7.36. The van der Waals surface area contributed by atoms with E-state index in [1.807, 2.05) is 67.5 Å². The Morgan fingerprint density at radius 2 is 1.40 bits per heavy atom. The summed E-state index contributed by atoms with van der Waals surface area (Å²) >= 11 is 0. The zero-order valence-electron chi connectivity index (χ0n) is 15.2. The SMILES string of the molecule is COc1ccc(Oc2ccc(NC(=O)N(C)CCN(C)C)cc2)cc1. The second-order valence-corrected chi connectivity index (χ2v) is 5.96. The molecule has 0 aromatic heterocycles. The third-order valence-corrected chi connectivity index (χ3v) is 3.63. The first-order valence-electron chi connectivity index (χ1n) is 8.07. The summed E-state index contributed by atoms with van der Waals surface area (Å²) in [5.74, 6) is 2.20. The van der Waals surface area contributed by atoms with Crippen LogP contribution in [0.3, 0.4) is 0 Å². The molecule has 0 heterocycles. The molecule has 0 radical (unpaired) electrons. The van der Waals surface area contributed by atoms with E-state index < -0.39 is 0 Å². The Hall–Kier alpha value is -2.73. The van der Waals surface area contributed by atoms with E-state index in [2.05, 4.69) is 5.32 Å². The molecule has 134 valence electrons. The van der Waals surface area contributed by atoms with Gasteiger partial charge in [0.2, 0.25) is 0 Å². The van der Waals surface area contributed by atoms with E-state index in [1.54, 1.807) is 19.1 Å². The maximum atomic E-state index is 12.1. The van der Waals surface area contributed by atoms with Crippen LogP contribution in [0.2, 0.25) is 0 Å². The van der Waals surface area contributed by atoms with Crippen LogP contribution in [0.4, 0.5) is 10.5 Å². The van der Waals surface area contributed by atoms with E-state index in [0.717, 1.165) is 23.7 Å². The van der Waals surface area contributed by atoms with Crippen molar-refractivity contribution in [2.24, 2.45) is 0 Å². The maximum Gasteiger partial charge on any atom is 0.321 e. The van der Waals surface area contributed by atoms with E-state index in [4.69, 9.17) is 9.47 Å². The van der Waals surface area contributed by atoms with Crippen molar-refractivity contribution in [2.45, 2.75) is 0 Å². The van der Waals surface area contributed by atoms with Crippen molar-refractivity contribution in [2.75, 3.05) is 46.7 Å². The van der Waals surface area contributed by atoms with Gasteiger partial charge in [-0.2, -0.15) is 0 Å². The number of carbonyl (C=O) groups is 1. The summed E-state index contributed by atoms with van der Waals surface area (Å²) in [6.07, 6.45) is 0. The van der Waals surface area contributed by atoms with Crippen molar-refractivity contribution in [3.63, 3.8) is 0 Å². The lowest BCUT2D eigenvalue weighted by atomic mass is 10.3. The van der Waals surface area contributed by atoms with Crippen LogP contribution in [0, 0.1) is 0 Å². The van der Waals surface area contributed by atoms with Crippen molar-refractivity contribution >= 4 is 11.7 Å². The third-order valence-electron chi connectivity index (χ3n) is 3.63. The molecular weight excluding hydrogens is 318 g/mol. The molecule has 25 heavy (non-hydrogen) atoms. The van der Waals surface area contributed by atoms with Gasteiger partial charge in [-0.05, 0) is 62.6 Å². The summed E-state index contributed by atoms with van der Waals surface area (Å²) in [6, 6.07) is 14.5. The van der Waals surface area contributed by atoms with E-state index in [1.165, 1.54) is 0 Å². The normalized spacial score (nSPS) is 10.4. The zero-order chi connectivity index (χ0) is 18.2. The lowest BCUT2D eigenvalue weighted by Gasteiger charge is -2.20. The fourth-order valence-electron chi connectivity index (χ4n) is 2.06. The predicted octanol–water partition coefficient (Wildman–Crippen LogP) is 3.51. The first kappa shape index (κ1) is 18.6. The summed E-state index contributed by atoms with van der Waals surface area (Å²) in [5.41, 5.74) is 0.726. The molecule has 2 aromatic carbocycles. The highest BCUT2D eigenvalue weighted by molar-refractivity contribution is 5.89. The topological polar surface area (TPSA) is 54.0 Å². The minimum atomic E-state index is -0.134.